The van der Waals surface area contributed by atoms with Crippen molar-refractivity contribution in [1.82, 2.24) is 10.2 Å². The van der Waals surface area contributed by atoms with Gasteiger partial charge in [-0.1, -0.05) is 6.42 Å². The number of nitrogens with zero attached hydrogens (tertiary/aromatic N) is 1. The van der Waals surface area contributed by atoms with E-state index in [2.05, 4.69) is 5.32 Å². The molecular formula is C13H25N3O2. The Morgan fingerprint density at radius 2 is 2.11 bits per heavy atom. The average Bonchev–Trinajstić information content (AvgIpc) is 2.39. The molecule has 5 heteroatoms. The van der Waals surface area contributed by atoms with Crippen LogP contribution in [0.4, 0.5) is 0 Å². The van der Waals surface area contributed by atoms with Crippen molar-refractivity contribution in [3.05, 3.63) is 0 Å². The summed E-state index contributed by atoms with van der Waals surface area (Å²) in [6.45, 7) is 4.71. The Morgan fingerprint density at radius 3 is 2.78 bits per heavy atom. The van der Waals surface area contributed by atoms with Crippen LogP contribution in [0.5, 0.6) is 0 Å². The summed E-state index contributed by atoms with van der Waals surface area (Å²) < 4.78 is 5.26. The highest BCUT2D eigenvalue weighted by molar-refractivity contribution is 5.81. The molecule has 2 fully saturated rings. The Balaban J connectivity index is 1.79. The SMILES string of the molecule is CC(NC1CCCC(N)C1)C(=O)N1CCOCC1. The third-order valence-electron chi connectivity index (χ3n) is 3.89. The van der Waals surface area contributed by atoms with E-state index >= 15 is 0 Å². The Bertz CT molecular complexity index is 279. The highest BCUT2D eigenvalue weighted by Crippen LogP contribution is 2.17. The molecule has 3 atom stereocenters. The third-order valence-corrected chi connectivity index (χ3v) is 3.89. The van der Waals surface area contributed by atoms with Crippen LogP contribution in [0.2, 0.25) is 0 Å². The van der Waals surface area contributed by atoms with Crippen molar-refractivity contribution in [1.29, 1.82) is 0 Å². The van der Waals surface area contributed by atoms with Gasteiger partial charge < -0.3 is 20.7 Å². The van der Waals surface area contributed by atoms with Gasteiger partial charge in [0.25, 0.3) is 0 Å². The first-order chi connectivity index (χ1) is 8.66. The minimum Gasteiger partial charge on any atom is -0.378 e. The van der Waals surface area contributed by atoms with Gasteiger partial charge in [0.05, 0.1) is 19.3 Å². The monoisotopic (exact) mass is 255 g/mol. The van der Waals surface area contributed by atoms with Crippen LogP contribution >= 0.6 is 0 Å². The number of nitrogens with one attached hydrogen (secondary N) is 1. The molecule has 0 bridgehead atoms. The quantitative estimate of drug-likeness (QED) is 0.750. The summed E-state index contributed by atoms with van der Waals surface area (Å²) in [4.78, 5) is 14.1. The Hall–Kier alpha value is -0.650. The number of morpholine rings is 1. The molecule has 1 heterocycles. The molecule has 1 aliphatic carbocycles. The molecule has 1 aliphatic heterocycles. The van der Waals surface area contributed by atoms with Crippen LogP contribution in [0.1, 0.15) is 32.6 Å². The zero-order valence-electron chi connectivity index (χ0n) is 11.2. The zero-order valence-corrected chi connectivity index (χ0v) is 11.2. The van der Waals surface area contributed by atoms with Gasteiger partial charge in [0, 0.05) is 25.2 Å². The van der Waals surface area contributed by atoms with Gasteiger partial charge in [0.2, 0.25) is 5.91 Å². The molecule has 0 aromatic heterocycles. The van der Waals surface area contributed by atoms with Gasteiger partial charge in [-0.2, -0.15) is 0 Å². The molecule has 104 valence electrons. The van der Waals surface area contributed by atoms with Crippen LogP contribution in [0, 0.1) is 0 Å². The van der Waals surface area contributed by atoms with Gasteiger partial charge in [-0.3, -0.25) is 4.79 Å². The molecule has 2 rings (SSSR count). The standard InChI is InChI=1S/C13H25N3O2/c1-10(13(17)16-5-7-18-8-6-16)15-12-4-2-3-11(14)9-12/h10-12,15H,2-9,14H2,1H3. The molecule has 5 nitrogen and oxygen atoms in total. The van der Waals surface area contributed by atoms with Crippen LogP contribution in [-0.2, 0) is 9.53 Å². The lowest BCUT2D eigenvalue weighted by atomic mass is 9.91. The van der Waals surface area contributed by atoms with E-state index in [9.17, 15) is 4.79 Å². The molecule has 0 radical (unpaired) electrons. The maximum atomic E-state index is 12.2. The lowest BCUT2D eigenvalue weighted by Crippen LogP contribution is -2.52. The molecule has 3 unspecified atom stereocenters. The van der Waals surface area contributed by atoms with Gasteiger partial charge in [0.1, 0.15) is 0 Å². The fraction of sp³-hybridized carbons (Fsp3) is 0.923. The summed E-state index contributed by atoms with van der Waals surface area (Å²) in [5, 5.41) is 3.43. The van der Waals surface area contributed by atoms with E-state index in [0.717, 1.165) is 38.8 Å². The summed E-state index contributed by atoms with van der Waals surface area (Å²) in [5.74, 6) is 0.192. The fourth-order valence-electron chi connectivity index (χ4n) is 2.86. The Morgan fingerprint density at radius 1 is 1.39 bits per heavy atom. The number of carbonyl (C=O) groups is 1. The Labute approximate surface area is 109 Å². The molecule has 0 aromatic carbocycles. The first-order valence-corrected chi connectivity index (χ1v) is 7.05. The van der Waals surface area contributed by atoms with Gasteiger partial charge in [-0.05, 0) is 26.2 Å². The van der Waals surface area contributed by atoms with Crippen molar-refractivity contribution in [3.63, 3.8) is 0 Å². The lowest BCUT2D eigenvalue weighted by Gasteiger charge is -2.33. The molecule has 2 aliphatic rings. The molecule has 1 saturated heterocycles. The highest BCUT2D eigenvalue weighted by Gasteiger charge is 2.26. The number of carbonyl (C=O) groups excluding carboxylic acids is 1. The van der Waals surface area contributed by atoms with E-state index in [4.69, 9.17) is 10.5 Å². The van der Waals surface area contributed by atoms with Crippen molar-refractivity contribution < 1.29 is 9.53 Å². The van der Waals surface area contributed by atoms with Crippen LogP contribution in [0.15, 0.2) is 0 Å². The van der Waals surface area contributed by atoms with Crippen molar-refractivity contribution in [3.8, 4) is 0 Å². The van der Waals surface area contributed by atoms with Gasteiger partial charge in [-0.15, -0.1) is 0 Å². The first kappa shape index (κ1) is 13.8. The number of hydrogen-bond donors (Lipinski definition) is 2. The van der Waals surface area contributed by atoms with Gasteiger partial charge in [-0.25, -0.2) is 0 Å². The fourth-order valence-corrected chi connectivity index (χ4v) is 2.86. The lowest BCUT2D eigenvalue weighted by molar-refractivity contribution is -0.137. The molecule has 0 spiro atoms. The van der Waals surface area contributed by atoms with Gasteiger partial charge >= 0.3 is 0 Å². The van der Waals surface area contributed by atoms with E-state index in [1.165, 1.54) is 0 Å². The molecule has 1 saturated carbocycles. The van der Waals surface area contributed by atoms with E-state index in [1.807, 2.05) is 11.8 Å². The highest BCUT2D eigenvalue weighted by atomic mass is 16.5. The predicted octanol–water partition coefficient (Wildman–Crippen LogP) is 0.0932. The number of nitrogens with two attached hydrogens (primary N) is 1. The van der Waals surface area contributed by atoms with E-state index in [1.54, 1.807) is 0 Å². The number of hydrogen-bond acceptors (Lipinski definition) is 4. The van der Waals surface area contributed by atoms with Crippen LogP contribution < -0.4 is 11.1 Å². The summed E-state index contributed by atoms with van der Waals surface area (Å²) in [5.41, 5.74) is 5.97. The minimum absolute atomic E-state index is 0.113. The second-order valence-corrected chi connectivity index (χ2v) is 5.45. The van der Waals surface area contributed by atoms with Crippen molar-refractivity contribution >= 4 is 5.91 Å². The molecule has 0 aromatic rings. The molecule has 1 amide bonds. The second kappa shape index (κ2) is 6.50. The average molecular weight is 255 g/mol. The maximum absolute atomic E-state index is 12.2. The summed E-state index contributed by atoms with van der Waals surface area (Å²) >= 11 is 0. The first-order valence-electron chi connectivity index (χ1n) is 7.05. The van der Waals surface area contributed by atoms with Gasteiger partial charge in [0.15, 0.2) is 0 Å². The van der Waals surface area contributed by atoms with E-state index < -0.39 is 0 Å². The van der Waals surface area contributed by atoms with Crippen molar-refractivity contribution in [2.24, 2.45) is 5.73 Å². The summed E-state index contributed by atoms with van der Waals surface area (Å²) in [7, 11) is 0. The van der Waals surface area contributed by atoms with Crippen LogP contribution in [-0.4, -0.2) is 55.2 Å². The van der Waals surface area contributed by atoms with Crippen LogP contribution in [0.25, 0.3) is 0 Å². The molecule has 18 heavy (non-hydrogen) atoms. The number of ether oxygens (including phenoxy) is 1. The normalized spacial score (nSPS) is 31.1. The van der Waals surface area contributed by atoms with Crippen molar-refractivity contribution in [2.75, 3.05) is 26.3 Å². The maximum Gasteiger partial charge on any atom is 0.239 e. The summed E-state index contributed by atoms with van der Waals surface area (Å²) in [6, 6.07) is 0.578. The molecule has 3 N–H and O–H groups in total. The Kier molecular flexibility index (Phi) is 4.97. The summed E-state index contributed by atoms with van der Waals surface area (Å²) in [6.07, 6.45) is 4.40. The predicted molar refractivity (Wildman–Crippen MR) is 70.2 cm³/mol. The van der Waals surface area contributed by atoms with Crippen LogP contribution in [0.3, 0.4) is 0 Å². The largest absolute Gasteiger partial charge is 0.378 e. The number of amides is 1. The second-order valence-electron chi connectivity index (χ2n) is 5.45. The van der Waals surface area contributed by atoms with Crippen molar-refractivity contribution in [2.45, 2.75) is 50.7 Å². The third kappa shape index (κ3) is 3.67. The smallest absolute Gasteiger partial charge is 0.239 e. The zero-order chi connectivity index (χ0) is 13.0. The topological polar surface area (TPSA) is 67.6 Å². The van der Waals surface area contributed by atoms with E-state index in [0.29, 0.717) is 25.3 Å². The molecular weight excluding hydrogens is 230 g/mol. The minimum atomic E-state index is -0.113. The number of rotatable bonds is 3. The van der Waals surface area contributed by atoms with E-state index in [-0.39, 0.29) is 11.9 Å².